The number of para-hydroxylation sites is 2. The molecule has 18 heavy (non-hydrogen) atoms. The first-order valence-corrected chi connectivity index (χ1v) is 6.08. The van der Waals surface area contributed by atoms with Crippen molar-refractivity contribution in [3.05, 3.63) is 36.0 Å². The summed E-state index contributed by atoms with van der Waals surface area (Å²) >= 11 is 5.57. The first kappa shape index (κ1) is 12.7. The van der Waals surface area contributed by atoms with Gasteiger partial charge in [0.05, 0.1) is 6.61 Å². The van der Waals surface area contributed by atoms with Gasteiger partial charge in [-0.05, 0) is 19.1 Å². The molecule has 1 aromatic carbocycles. The van der Waals surface area contributed by atoms with Gasteiger partial charge in [-0.15, -0.1) is 21.8 Å². The Labute approximate surface area is 110 Å². The van der Waals surface area contributed by atoms with E-state index < -0.39 is 0 Å². The van der Waals surface area contributed by atoms with Crippen LogP contribution in [0.2, 0.25) is 0 Å². The molecule has 0 bridgehead atoms. The normalized spacial score (nSPS) is 10.3. The molecule has 0 saturated carbocycles. The van der Waals surface area contributed by atoms with E-state index >= 15 is 0 Å². The summed E-state index contributed by atoms with van der Waals surface area (Å²) < 4.78 is 16.2. The van der Waals surface area contributed by atoms with E-state index in [2.05, 4.69) is 10.2 Å². The summed E-state index contributed by atoms with van der Waals surface area (Å²) in [4.78, 5) is 0. The van der Waals surface area contributed by atoms with Crippen LogP contribution in [0.4, 0.5) is 0 Å². The highest BCUT2D eigenvalue weighted by Gasteiger charge is 2.08. The van der Waals surface area contributed by atoms with E-state index in [0.717, 1.165) is 0 Å². The maximum absolute atomic E-state index is 5.57. The number of hydrogen-bond acceptors (Lipinski definition) is 5. The van der Waals surface area contributed by atoms with Crippen molar-refractivity contribution >= 4 is 11.6 Å². The van der Waals surface area contributed by atoms with Crippen LogP contribution >= 0.6 is 11.6 Å². The number of hydrogen-bond donors (Lipinski definition) is 0. The lowest BCUT2D eigenvalue weighted by molar-refractivity contribution is 0.240. The Bertz CT molecular complexity index is 502. The lowest BCUT2D eigenvalue weighted by Gasteiger charge is -2.09. The van der Waals surface area contributed by atoms with Crippen molar-refractivity contribution in [1.29, 1.82) is 0 Å². The molecule has 2 rings (SSSR count). The highest BCUT2D eigenvalue weighted by atomic mass is 35.5. The van der Waals surface area contributed by atoms with E-state index in [1.807, 2.05) is 31.2 Å². The molecule has 5 nitrogen and oxygen atoms in total. The Kier molecular flexibility index (Phi) is 4.41. The van der Waals surface area contributed by atoms with Crippen LogP contribution in [0.25, 0.3) is 0 Å². The van der Waals surface area contributed by atoms with Gasteiger partial charge in [0.15, 0.2) is 18.1 Å². The van der Waals surface area contributed by atoms with Gasteiger partial charge in [0.25, 0.3) is 5.89 Å². The number of benzene rings is 1. The maximum atomic E-state index is 5.57. The molecular formula is C12H13ClN2O3. The van der Waals surface area contributed by atoms with Crippen LogP contribution < -0.4 is 9.47 Å². The first-order chi connectivity index (χ1) is 8.83. The summed E-state index contributed by atoms with van der Waals surface area (Å²) in [6.45, 7) is 2.69. The predicted octanol–water partition coefficient (Wildman–Crippen LogP) is 2.79. The summed E-state index contributed by atoms with van der Waals surface area (Å²) in [5, 5.41) is 7.56. The molecular weight excluding hydrogens is 256 g/mol. The molecule has 0 amide bonds. The van der Waals surface area contributed by atoms with E-state index in [1.54, 1.807) is 0 Å². The lowest BCUT2D eigenvalue weighted by atomic mass is 10.3. The molecule has 0 saturated heterocycles. The molecule has 0 radical (unpaired) electrons. The third kappa shape index (κ3) is 3.13. The second-order valence-corrected chi connectivity index (χ2v) is 3.66. The fourth-order valence-electron chi connectivity index (χ4n) is 1.38. The van der Waals surface area contributed by atoms with Crippen LogP contribution in [0, 0.1) is 0 Å². The van der Waals surface area contributed by atoms with Crippen LogP contribution in [0.15, 0.2) is 28.7 Å². The Balaban J connectivity index is 2.01. The number of ether oxygens (including phenoxy) is 2. The molecule has 1 heterocycles. The number of aromatic nitrogens is 2. The van der Waals surface area contributed by atoms with Crippen LogP contribution in [-0.2, 0) is 12.5 Å². The van der Waals surface area contributed by atoms with Gasteiger partial charge in [-0.2, -0.15) is 0 Å². The molecule has 0 fully saturated rings. The quantitative estimate of drug-likeness (QED) is 0.754. The molecule has 2 aromatic rings. The zero-order chi connectivity index (χ0) is 12.8. The highest BCUT2D eigenvalue weighted by molar-refractivity contribution is 6.16. The second-order valence-electron chi connectivity index (χ2n) is 3.39. The van der Waals surface area contributed by atoms with Crippen LogP contribution in [0.1, 0.15) is 18.7 Å². The van der Waals surface area contributed by atoms with E-state index in [4.69, 9.17) is 25.5 Å². The third-order valence-electron chi connectivity index (χ3n) is 2.12. The molecule has 6 heteroatoms. The molecule has 0 aliphatic rings. The Morgan fingerprint density at radius 2 is 1.78 bits per heavy atom. The van der Waals surface area contributed by atoms with Gasteiger partial charge >= 0.3 is 0 Å². The van der Waals surface area contributed by atoms with E-state index in [-0.39, 0.29) is 12.5 Å². The van der Waals surface area contributed by atoms with Crippen molar-refractivity contribution in [3.63, 3.8) is 0 Å². The first-order valence-electron chi connectivity index (χ1n) is 5.55. The average molecular weight is 269 g/mol. The molecule has 0 spiro atoms. The van der Waals surface area contributed by atoms with Gasteiger partial charge in [-0.1, -0.05) is 12.1 Å². The van der Waals surface area contributed by atoms with Gasteiger partial charge in [0, 0.05) is 0 Å². The van der Waals surface area contributed by atoms with Crippen LogP contribution in [0.3, 0.4) is 0 Å². The van der Waals surface area contributed by atoms with Crippen molar-refractivity contribution in [3.8, 4) is 11.5 Å². The number of halogens is 1. The maximum Gasteiger partial charge on any atom is 0.253 e. The second kappa shape index (κ2) is 6.26. The number of rotatable bonds is 6. The van der Waals surface area contributed by atoms with Crippen molar-refractivity contribution in [2.75, 3.05) is 6.61 Å². The average Bonchev–Trinajstić information content (AvgIpc) is 2.86. The van der Waals surface area contributed by atoms with E-state index in [9.17, 15) is 0 Å². The minimum absolute atomic E-state index is 0.188. The topological polar surface area (TPSA) is 57.4 Å². The molecule has 0 aliphatic carbocycles. The SMILES string of the molecule is CCOc1ccccc1OCc1nnc(CCl)o1. The van der Waals surface area contributed by atoms with Gasteiger partial charge in [0.2, 0.25) is 5.89 Å². The minimum Gasteiger partial charge on any atom is -0.490 e. The lowest BCUT2D eigenvalue weighted by Crippen LogP contribution is -1.99. The van der Waals surface area contributed by atoms with Gasteiger partial charge in [-0.25, -0.2) is 0 Å². The largest absolute Gasteiger partial charge is 0.490 e. The van der Waals surface area contributed by atoms with Crippen molar-refractivity contribution in [1.82, 2.24) is 10.2 Å². The summed E-state index contributed by atoms with van der Waals surface area (Å²) in [6.07, 6.45) is 0. The summed E-state index contributed by atoms with van der Waals surface area (Å²) in [5.41, 5.74) is 0. The standard InChI is InChI=1S/C12H13ClN2O3/c1-2-16-9-5-3-4-6-10(9)17-8-12-15-14-11(7-13)18-12/h3-6H,2,7-8H2,1H3. The van der Waals surface area contributed by atoms with Crippen molar-refractivity contribution < 1.29 is 13.9 Å². The summed E-state index contributed by atoms with van der Waals surface area (Å²) in [7, 11) is 0. The molecule has 0 aliphatic heterocycles. The zero-order valence-electron chi connectivity index (χ0n) is 9.93. The minimum atomic E-state index is 0.188. The third-order valence-corrected chi connectivity index (χ3v) is 2.35. The molecule has 1 aromatic heterocycles. The highest BCUT2D eigenvalue weighted by Crippen LogP contribution is 2.27. The fraction of sp³-hybridized carbons (Fsp3) is 0.333. The molecule has 96 valence electrons. The predicted molar refractivity (Wildman–Crippen MR) is 65.8 cm³/mol. The Hall–Kier alpha value is -1.75. The van der Waals surface area contributed by atoms with Crippen LogP contribution in [0.5, 0.6) is 11.5 Å². The zero-order valence-corrected chi connectivity index (χ0v) is 10.7. The monoisotopic (exact) mass is 268 g/mol. The summed E-state index contributed by atoms with van der Waals surface area (Å²) in [6, 6.07) is 7.42. The van der Waals surface area contributed by atoms with Gasteiger partial charge in [0.1, 0.15) is 5.88 Å². The van der Waals surface area contributed by atoms with Gasteiger partial charge < -0.3 is 13.9 Å². The molecule has 0 N–H and O–H groups in total. The summed E-state index contributed by atoms with van der Waals surface area (Å²) in [5.74, 6) is 2.30. The van der Waals surface area contributed by atoms with Gasteiger partial charge in [-0.3, -0.25) is 0 Å². The van der Waals surface area contributed by atoms with E-state index in [1.165, 1.54) is 0 Å². The number of nitrogens with zero attached hydrogens (tertiary/aromatic N) is 2. The van der Waals surface area contributed by atoms with Crippen LogP contribution in [-0.4, -0.2) is 16.8 Å². The Morgan fingerprint density at radius 3 is 2.39 bits per heavy atom. The number of alkyl halides is 1. The fourth-order valence-corrected chi connectivity index (χ4v) is 1.49. The van der Waals surface area contributed by atoms with E-state index in [0.29, 0.717) is 29.9 Å². The molecule has 0 atom stereocenters. The molecule has 0 unspecified atom stereocenters. The Morgan fingerprint density at radius 1 is 1.11 bits per heavy atom. The van der Waals surface area contributed by atoms with Crippen molar-refractivity contribution in [2.45, 2.75) is 19.4 Å². The van der Waals surface area contributed by atoms with Crippen molar-refractivity contribution in [2.24, 2.45) is 0 Å². The smallest absolute Gasteiger partial charge is 0.253 e.